The van der Waals surface area contributed by atoms with Gasteiger partial charge in [-0.3, -0.25) is 39.2 Å². The van der Waals surface area contributed by atoms with E-state index in [9.17, 15) is 33.9 Å². The maximum atomic E-state index is 13.3. The summed E-state index contributed by atoms with van der Waals surface area (Å²) in [5, 5.41) is 11.5. The number of carboxylic acids is 1. The molecule has 0 radical (unpaired) electrons. The smallest absolute Gasteiger partial charge is 0.305 e. The predicted octanol–water partition coefficient (Wildman–Crippen LogP) is -2.01. The maximum Gasteiger partial charge on any atom is 0.305 e. The Bertz CT molecular complexity index is 1200. The molecule has 0 unspecified atom stereocenters. The van der Waals surface area contributed by atoms with Crippen LogP contribution in [0.5, 0.6) is 0 Å². The lowest BCUT2D eigenvalue weighted by Crippen LogP contribution is -2.57. The molecular weight excluding hydrogens is 536 g/mol. The molecule has 1 aromatic carbocycles. The van der Waals surface area contributed by atoms with E-state index < -0.39 is 66.1 Å². The van der Waals surface area contributed by atoms with Crippen molar-refractivity contribution in [3.8, 4) is 0 Å². The minimum absolute atomic E-state index is 0.0731. The Kier molecular flexibility index (Phi) is 12.7. The number of guanidine groups is 1. The second-order valence-corrected chi connectivity index (χ2v) is 10.00. The van der Waals surface area contributed by atoms with Gasteiger partial charge in [-0.15, -0.1) is 0 Å². The van der Waals surface area contributed by atoms with Crippen molar-refractivity contribution in [3.63, 3.8) is 0 Å². The van der Waals surface area contributed by atoms with E-state index in [-0.39, 0.29) is 43.4 Å². The zero-order valence-corrected chi connectivity index (χ0v) is 23.3. The lowest BCUT2D eigenvalue weighted by molar-refractivity contribution is -0.141. The second kappa shape index (κ2) is 15.7. The number of amides is 1. The van der Waals surface area contributed by atoms with Crippen molar-refractivity contribution in [2.24, 2.45) is 22.4 Å². The molecule has 224 valence electrons. The van der Waals surface area contributed by atoms with E-state index in [1.165, 1.54) is 6.07 Å². The number of nitrogens with zero attached hydrogens (tertiary/aromatic N) is 1. The molecule has 15 heteroatoms. The molecule has 1 aromatic rings. The van der Waals surface area contributed by atoms with Gasteiger partial charge in [0.1, 0.15) is 6.04 Å². The van der Waals surface area contributed by atoms with Crippen molar-refractivity contribution in [3.05, 3.63) is 34.9 Å². The van der Waals surface area contributed by atoms with Gasteiger partial charge in [0.15, 0.2) is 5.96 Å². The van der Waals surface area contributed by atoms with Gasteiger partial charge >= 0.3 is 5.97 Å². The standard InChI is InChI=1S/C26H38N8O7/c1-13(2)21-24(40)22(38)15-7-6-14(3)16(9-15)11-31-32-18(10-20(36)37)25(41)30-12-19(35)23(39)17(33-34-21)5-4-8-29-26(27)28/h6-7,9,13,17-18,21,31-34H,4-5,8,10-12H2,1-3H3,(H,30,41)(H,36,37)(H4,27,28,29)/t17-,18-,21-/m0/s1. The Labute approximate surface area is 237 Å². The summed E-state index contributed by atoms with van der Waals surface area (Å²) in [7, 11) is 0. The zero-order chi connectivity index (χ0) is 30.7. The first-order chi connectivity index (χ1) is 19.3. The summed E-state index contributed by atoms with van der Waals surface area (Å²) in [4.78, 5) is 80.1. The van der Waals surface area contributed by atoms with Crippen molar-refractivity contribution < 1.29 is 33.9 Å². The van der Waals surface area contributed by atoms with Crippen LogP contribution in [-0.2, 0) is 30.5 Å². The normalized spacial score (nSPS) is 21.7. The molecule has 0 spiro atoms. The van der Waals surface area contributed by atoms with Gasteiger partial charge in [0.05, 0.1) is 25.0 Å². The number of nitrogens with one attached hydrogen (secondary N) is 5. The molecule has 0 aliphatic carbocycles. The number of Topliss-reactive ketones (excluding diaryl/α,β-unsaturated/α-hetero) is 4. The summed E-state index contributed by atoms with van der Waals surface area (Å²) in [6.07, 6.45) is -0.267. The molecule has 2 rings (SSSR count). The number of fused-ring (bicyclic) bond motifs is 2. The van der Waals surface area contributed by atoms with Crippen LogP contribution < -0.4 is 38.5 Å². The molecule has 15 nitrogen and oxygen atoms in total. The zero-order valence-electron chi connectivity index (χ0n) is 23.3. The average Bonchev–Trinajstić information content (AvgIpc) is 2.91. The van der Waals surface area contributed by atoms with E-state index in [0.717, 1.165) is 5.56 Å². The lowest BCUT2D eigenvalue weighted by atomic mass is 9.93. The van der Waals surface area contributed by atoms with Crippen LogP contribution in [0.2, 0.25) is 0 Å². The monoisotopic (exact) mass is 574 g/mol. The number of ketones is 4. The van der Waals surface area contributed by atoms with Crippen LogP contribution >= 0.6 is 0 Å². The summed E-state index contributed by atoms with van der Waals surface area (Å²) < 4.78 is 0. The van der Waals surface area contributed by atoms with Gasteiger partial charge in [0.25, 0.3) is 0 Å². The number of aryl methyl sites for hydroxylation is 1. The minimum Gasteiger partial charge on any atom is -0.481 e. The van der Waals surface area contributed by atoms with Crippen molar-refractivity contribution >= 4 is 41.0 Å². The molecule has 3 atom stereocenters. The highest BCUT2D eigenvalue weighted by atomic mass is 16.4. The largest absolute Gasteiger partial charge is 0.481 e. The molecule has 1 aliphatic heterocycles. The van der Waals surface area contributed by atoms with E-state index >= 15 is 0 Å². The third-order valence-corrected chi connectivity index (χ3v) is 6.41. The van der Waals surface area contributed by atoms with Crippen LogP contribution in [0.25, 0.3) is 0 Å². The number of aliphatic imine (C=N–C) groups is 1. The molecule has 0 saturated heterocycles. The molecule has 2 bridgehead atoms. The van der Waals surface area contributed by atoms with E-state index in [4.69, 9.17) is 11.5 Å². The molecule has 1 heterocycles. The quantitative estimate of drug-likeness (QED) is 0.0760. The SMILES string of the molecule is Cc1ccc2cc1CNN[C@@H](CC(=O)O)C(=O)NCC(=O)C(=O)[C@H](CCCN=C(N)N)NN[C@@H](C(C)C)C(=O)C2=O. The number of aliphatic carboxylic acids is 1. The van der Waals surface area contributed by atoms with Crippen LogP contribution in [0, 0.1) is 12.8 Å². The number of nitrogens with two attached hydrogens (primary N) is 2. The van der Waals surface area contributed by atoms with Gasteiger partial charge in [-0.1, -0.05) is 26.0 Å². The Morgan fingerprint density at radius 3 is 2.37 bits per heavy atom. The molecule has 0 fully saturated rings. The van der Waals surface area contributed by atoms with Gasteiger partial charge in [-0.25, -0.2) is 16.3 Å². The first kappa shape index (κ1) is 33.2. The highest BCUT2D eigenvalue weighted by Gasteiger charge is 2.32. The summed E-state index contributed by atoms with van der Waals surface area (Å²) in [5.41, 5.74) is 23.1. The first-order valence-electron chi connectivity index (χ1n) is 13.1. The van der Waals surface area contributed by atoms with Crippen LogP contribution in [0.3, 0.4) is 0 Å². The Balaban J connectivity index is 2.43. The fourth-order valence-electron chi connectivity index (χ4n) is 4.01. The van der Waals surface area contributed by atoms with Crippen molar-refractivity contribution in [1.29, 1.82) is 0 Å². The molecule has 0 aromatic heterocycles. The molecule has 0 saturated carbocycles. The second-order valence-electron chi connectivity index (χ2n) is 10.00. The van der Waals surface area contributed by atoms with Crippen molar-refractivity contribution in [2.45, 2.75) is 64.7 Å². The van der Waals surface area contributed by atoms with Gasteiger partial charge in [0.2, 0.25) is 29.0 Å². The van der Waals surface area contributed by atoms with E-state index in [1.807, 2.05) is 0 Å². The first-order valence-corrected chi connectivity index (χ1v) is 13.1. The molecule has 10 N–H and O–H groups in total. The highest BCUT2D eigenvalue weighted by Crippen LogP contribution is 2.15. The highest BCUT2D eigenvalue weighted by molar-refractivity contribution is 6.45. The number of carbonyl (C=O) groups excluding carboxylic acids is 5. The Morgan fingerprint density at radius 2 is 1.73 bits per heavy atom. The summed E-state index contributed by atoms with van der Waals surface area (Å²) in [5.74, 6) is -5.99. The molecule has 41 heavy (non-hydrogen) atoms. The number of rotatable bonds is 7. The number of carboxylic acid groups (broad SMARTS) is 1. The van der Waals surface area contributed by atoms with Crippen LogP contribution in [0.15, 0.2) is 23.2 Å². The average molecular weight is 575 g/mol. The Morgan fingerprint density at radius 1 is 1.02 bits per heavy atom. The topological polar surface area (TPSA) is 247 Å². The van der Waals surface area contributed by atoms with Crippen LogP contribution in [0.4, 0.5) is 0 Å². The van der Waals surface area contributed by atoms with E-state index in [1.54, 1.807) is 32.9 Å². The van der Waals surface area contributed by atoms with Crippen molar-refractivity contribution in [2.75, 3.05) is 13.1 Å². The molecule has 1 aliphatic rings. The van der Waals surface area contributed by atoms with Gasteiger partial charge in [-0.2, -0.15) is 0 Å². The third kappa shape index (κ3) is 10.1. The summed E-state index contributed by atoms with van der Waals surface area (Å²) >= 11 is 0. The number of benzene rings is 1. The van der Waals surface area contributed by atoms with E-state index in [2.05, 4.69) is 32.0 Å². The maximum absolute atomic E-state index is 13.3. The van der Waals surface area contributed by atoms with Crippen LogP contribution in [-0.4, -0.2) is 77.3 Å². The molecule has 1 amide bonds. The van der Waals surface area contributed by atoms with Crippen molar-refractivity contribution in [1.82, 2.24) is 27.0 Å². The number of carbonyl (C=O) groups is 6. The fourth-order valence-corrected chi connectivity index (χ4v) is 4.01. The predicted molar refractivity (Wildman–Crippen MR) is 148 cm³/mol. The third-order valence-electron chi connectivity index (χ3n) is 6.41. The van der Waals surface area contributed by atoms with Gasteiger partial charge in [0, 0.05) is 18.7 Å². The number of hydrazine groups is 2. The number of hydrogen-bond donors (Lipinski definition) is 8. The molecular formula is C26H38N8O7. The van der Waals surface area contributed by atoms with E-state index in [0.29, 0.717) is 5.56 Å². The number of hydrogen-bond acceptors (Lipinski definition) is 11. The van der Waals surface area contributed by atoms with Gasteiger partial charge in [-0.05, 0) is 42.9 Å². The minimum atomic E-state index is -1.29. The lowest BCUT2D eigenvalue weighted by Gasteiger charge is -2.25. The summed E-state index contributed by atoms with van der Waals surface area (Å²) in [6, 6.07) is 1.25. The summed E-state index contributed by atoms with van der Waals surface area (Å²) in [6.45, 7) is 4.78. The van der Waals surface area contributed by atoms with Crippen LogP contribution in [0.1, 0.15) is 54.6 Å². The fraction of sp³-hybridized carbons (Fsp3) is 0.500. The Hall–Kier alpha value is -4.05. The van der Waals surface area contributed by atoms with Gasteiger partial charge < -0.3 is 21.9 Å².